The normalized spacial score (nSPS) is 11.0. The van der Waals surface area contributed by atoms with Gasteiger partial charge in [0, 0.05) is 47.0 Å². The van der Waals surface area contributed by atoms with E-state index in [-0.39, 0.29) is 6.42 Å². The Kier molecular flexibility index (Phi) is 8.32. The molecule has 0 saturated heterocycles. The number of rotatable bonds is 12. The number of pyridine rings is 1. The van der Waals surface area contributed by atoms with Crippen LogP contribution in [-0.4, -0.2) is 34.1 Å². The molecule has 4 N–H and O–H groups in total. The van der Waals surface area contributed by atoms with Crippen molar-refractivity contribution >= 4 is 39.9 Å². The van der Waals surface area contributed by atoms with E-state index in [1.54, 1.807) is 24.2 Å². The van der Waals surface area contributed by atoms with E-state index >= 15 is 0 Å². The van der Waals surface area contributed by atoms with Gasteiger partial charge in [-0.3, -0.25) is 9.78 Å². The second kappa shape index (κ2) is 11.8. The Balaban J connectivity index is 1.79. The average Bonchev–Trinajstić information content (AvgIpc) is 3.38. The second-order valence-corrected chi connectivity index (χ2v) is 9.05. The van der Waals surface area contributed by atoms with Crippen molar-refractivity contribution in [1.82, 2.24) is 15.0 Å². The monoisotopic (exact) mass is 505 g/mol. The molecule has 36 heavy (non-hydrogen) atoms. The summed E-state index contributed by atoms with van der Waals surface area (Å²) in [5.74, 6) is 1.63. The van der Waals surface area contributed by atoms with Gasteiger partial charge < -0.3 is 25.5 Å². The molecule has 0 unspecified atom stereocenters. The zero-order valence-corrected chi connectivity index (χ0v) is 21.6. The number of nitrogens with zero attached hydrogens (tertiary/aromatic N) is 2. The first-order valence-electron chi connectivity index (χ1n) is 12.0. The van der Waals surface area contributed by atoms with Crippen molar-refractivity contribution in [2.24, 2.45) is 5.73 Å². The predicted molar refractivity (Wildman–Crippen MR) is 144 cm³/mol. The fourth-order valence-corrected chi connectivity index (χ4v) is 5.01. The molecule has 0 bridgehead atoms. The molecule has 2 aromatic carbocycles. The number of hydrogen-bond acceptors (Lipinski definition) is 7. The predicted octanol–water partition coefficient (Wildman–Crippen LogP) is 5.38. The molecule has 0 aliphatic rings. The molecule has 0 radical (unpaired) electrons. The van der Waals surface area contributed by atoms with Crippen LogP contribution in [-0.2, 0) is 23.4 Å². The van der Waals surface area contributed by atoms with Crippen LogP contribution in [0.5, 0.6) is 11.5 Å². The molecule has 0 spiro atoms. The van der Waals surface area contributed by atoms with Gasteiger partial charge in [0.25, 0.3) is 0 Å². The van der Waals surface area contributed by atoms with Crippen LogP contribution in [0, 0.1) is 0 Å². The van der Waals surface area contributed by atoms with Gasteiger partial charge in [-0.25, -0.2) is 4.98 Å². The van der Waals surface area contributed by atoms with Gasteiger partial charge in [-0.15, -0.1) is 0 Å². The van der Waals surface area contributed by atoms with Gasteiger partial charge in [0.2, 0.25) is 5.91 Å². The number of amides is 1. The van der Waals surface area contributed by atoms with Gasteiger partial charge >= 0.3 is 0 Å². The van der Waals surface area contributed by atoms with E-state index in [4.69, 9.17) is 15.2 Å². The number of aromatic nitrogens is 3. The van der Waals surface area contributed by atoms with E-state index in [0.29, 0.717) is 24.7 Å². The lowest BCUT2D eigenvalue weighted by molar-refractivity contribution is -0.117. The first-order valence-corrected chi connectivity index (χ1v) is 13.0. The standard InChI is InChI=1S/C27H31N5O3S/c1-4-19-17(16-36-27-29-10-11-30-27)8-7-9-21(19)32-26-18(12-25(28)33)15-31-22-14-24(35-6-3)23(34-5-2)13-20(22)26/h7-11,13-15H,4-6,12,16H2,1-3H3,(H2,28,33)(H,29,30)(H,31,32). The molecule has 4 aromatic rings. The van der Waals surface area contributed by atoms with Crippen molar-refractivity contribution in [2.45, 2.75) is 44.5 Å². The molecule has 0 aliphatic carbocycles. The summed E-state index contributed by atoms with van der Waals surface area (Å²) in [5.41, 5.74) is 11.2. The highest BCUT2D eigenvalue weighted by atomic mass is 32.2. The Morgan fingerprint density at radius 1 is 1.08 bits per heavy atom. The molecule has 2 aromatic heterocycles. The number of fused-ring (bicyclic) bond motifs is 1. The number of H-pyrrole nitrogens is 1. The zero-order valence-electron chi connectivity index (χ0n) is 20.8. The molecular weight excluding hydrogens is 474 g/mol. The quantitative estimate of drug-likeness (QED) is 0.221. The minimum atomic E-state index is -0.422. The lowest BCUT2D eigenvalue weighted by Gasteiger charge is -2.20. The number of carbonyl (C=O) groups excluding carboxylic acids is 1. The Hall–Kier alpha value is -3.72. The highest BCUT2D eigenvalue weighted by Crippen LogP contribution is 2.39. The average molecular weight is 506 g/mol. The summed E-state index contributed by atoms with van der Waals surface area (Å²) in [6, 6.07) is 10.0. The van der Waals surface area contributed by atoms with Gasteiger partial charge in [-0.1, -0.05) is 30.8 Å². The number of hydrogen-bond donors (Lipinski definition) is 3. The number of ether oxygens (including phenoxy) is 2. The number of benzene rings is 2. The highest BCUT2D eigenvalue weighted by Gasteiger charge is 2.17. The van der Waals surface area contributed by atoms with E-state index in [1.165, 1.54) is 11.1 Å². The molecule has 0 saturated carbocycles. The lowest BCUT2D eigenvalue weighted by atomic mass is 10.0. The number of anilines is 2. The topological polar surface area (TPSA) is 115 Å². The number of primary amides is 1. The van der Waals surface area contributed by atoms with E-state index in [2.05, 4.69) is 39.3 Å². The summed E-state index contributed by atoms with van der Waals surface area (Å²) in [6.07, 6.45) is 6.18. The van der Waals surface area contributed by atoms with Gasteiger partial charge in [0.05, 0.1) is 30.8 Å². The minimum Gasteiger partial charge on any atom is -0.490 e. The summed E-state index contributed by atoms with van der Waals surface area (Å²) < 4.78 is 11.7. The zero-order chi connectivity index (χ0) is 25.5. The maximum absolute atomic E-state index is 11.9. The van der Waals surface area contributed by atoms with Crippen molar-refractivity contribution < 1.29 is 14.3 Å². The number of aromatic amines is 1. The summed E-state index contributed by atoms with van der Waals surface area (Å²) in [6.45, 7) is 7.01. The number of nitrogens with one attached hydrogen (secondary N) is 2. The largest absolute Gasteiger partial charge is 0.490 e. The third kappa shape index (κ3) is 5.73. The van der Waals surface area contributed by atoms with Crippen molar-refractivity contribution in [1.29, 1.82) is 0 Å². The number of carbonyl (C=O) groups is 1. The Morgan fingerprint density at radius 3 is 2.53 bits per heavy atom. The SMILES string of the molecule is CCOc1cc2ncc(CC(N)=O)c(Nc3cccc(CSc4ncc[nH]4)c3CC)c2cc1OCC. The van der Waals surface area contributed by atoms with Crippen molar-refractivity contribution in [3.05, 3.63) is 65.6 Å². The Bertz CT molecular complexity index is 1340. The first kappa shape index (κ1) is 25.4. The van der Waals surface area contributed by atoms with Crippen LogP contribution < -0.4 is 20.5 Å². The van der Waals surface area contributed by atoms with Crippen LogP contribution in [0.3, 0.4) is 0 Å². The van der Waals surface area contributed by atoms with Gasteiger partial charge in [0.1, 0.15) is 0 Å². The van der Waals surface area contributed by atoms with Gasteiger partial charge in [-0.05, 0) is 43.5 Å². The third-order valence-corrected chi connectivity index (χ3v) is 6.65. The van der Waals surface area contributed by atoms with Crippen LogP contribution in [0.15, 0.2) is 54.1 Å². The molecule has 1 amide bonds. The molecule has 0 fully saturated rings. The summed E-state index contributed by atoms with van der Waals surface area (Å²) >= 11 is 1.66. The van der Waals surface area contributed by atoms with Gasteiger partial charge in [-0.2, -0.15) is 0 Å². The van der Waals surface area contributed by atoms with E-state index in [9.17, 15) is 4.79 Å². The molecule has 0 atom stereocenters. The van der Waals surface area contributed by atoms with Crippen LogP contribution in [0.25, 0.3) is 10.9 Å². The fraction of sp³-hybridized carbons (Fsp3) is 0.296. The number of imidazole rings is 1. The van der Waals surface area contributed by atoms with Crippen LogP contribution in [0.4, 0.5) is 11.4 Å². The van der Waals surface area contributed by atoms with Gasteiger partial charge in [0.15, 0.2) is 16.7 Å². The minimum absolute atomic E-state index is 0.0674. The van der Waals surface area contributed by atoms with Crippen molar-refractivity contribution in [2.75, 3.05) is 18.5 Å². The molecular formula is C27H31N5O3S. The van der Waals surface area contributed by atoms with Crippen molar-refractivity contribution in [3.63, 3.8) is 0 Å². The second-order valence-electron chi connectivity index (χ2n) is 8.09. The molecule has 2 heterocycles. The van der Waals surface area contributed by atoms with Crippen LogP contribution in [0.1, 0.15) is 37.5 Å². The fourth-order valence-electron chi connectivity index (χ4n) is 4.16. The Morgan fingerprint density at radius 2 is 1.86 bits per heavy atom. The number of thioether (sulfide) groups is 1. The van der Waals surface area contributed by atoms with E-state index in [0.717, 1.165) is 45.2 Å². The first-order chi connectivity index (χ1) is 17.5. The van der Waals surface area contributed by atoms with E-state index in [1.807, 2.05) is 38.2 Å². The molecule has 0 aliphatic heterocycles. The Labute approximate surface area is 215 Å². The lowest BCUT2D eigenvalue weighted by Crippen LogP contribution is -2.15. The number of nitrogens with two attached hydrogens (primary N) is 1. The van der Waals surface area contributed by atoms with Crippen molar-refractivity contribution in [3.8, 4) is 11.5 Å². The highest BCUT2D eigenvalue weighted by molar-refractivity contribution is 7.98. The third-order valence-electron chi connectivity index (χ3n) is 5.70. The smallest absolute Gasteiger partial charge is 0.221 e. The summed E-state index contributed by atoms with van der Waals surface area (Å²) in [7, 11) is 0. The van der Waals surface area contributed by atoms with Crippen LogP contribution in [0.2, 0.25) is 0 Å². The summed E-state index contributed by atoms with van der Waals surface area (Å²) in [4.78, 5) is 24.0. The molecule has 188 valence electrons. The molecule has 9 heteroatoms. The summed E-state index contributed by atoms with van der Waals surface area (Å²) in [5, 5.41) is 5.33. The molecule has 8 nitrogen and oxygen atoms in total. The maximum Gasteiger partial charge on any atom is 0.221 e. The maximum atomic E-state index is 11.9. The van der Waals surface area contributed by atoms with Crippen LogP contribution >= 0.6 is 11.8 Å². The van der Waals surface area contributed by atoms with E-state index < -0.39 is 5.91 Å². The molecule has 4 rings (SSSR count).